The zero-order valence-corrected chi connectivity index (χ0v) is 12.3. The number of benzene rings is 2. The third kappa shape index (κ3) is 4.09. The molecule has 3 nitrogen and oxygen atoms in total. The summed E-state index contributed by atoms with van der Waals surface area (Å²) in [4.78, 5) is 0.204. The van der Waals surface area contributed by atoms with E-state index in [2.05, 4.69) is 4.72 Å². The molecule has 0 fully saturated rings. The van der Waals surface area contributed by atoms with Gasteiger partial charge in [0.15, 0.2) is 0 Å². The van der Waals surface area contributed by atoms with Gasteiger partial charge in [-0.05, 0) is 42.7 Å². The number of hydrogen-bond donors (Lipinski definition) is 1. The summed E-state index contributed by atoms with van der Waals surface area (Å²) >= 11 is 0. The molecule has 0 aromatic heterocycles. The monoisotopic (exact) mass is 311 g/mol. The fraction of sp³-hybridized carbons (Fsp3) is 0.200. The van der Waals surface area contributed by atoms with Gasteiger partial charge in [0.2, 0.25) is 10.0 Å². The largest absolute Gasteiger partial charge is 0.240 e. The van der Waals surface area contributed by atoms with E-state index in [9.17, 15) is 17.2 Å². The highest BCUT2D eigenvalue weighted by atomic mass is 32.2. The van der Waals surface area contributed by atoms with E-state index in [1.807, 2.05) is 0 Å². The minimum Gasteiger partial charge on any atom is -0.211 e. The van der Waals surface area contributed by atoms with E-state index < -0.39 is 21.7 Å². The van der Waals surface area contributed by atoms with Crippen LogP contribution in [0.3, 0.4) is 0 Å². The number of sulfonamides is 1. The molecule has 2 aromatic carbocycles. The molecule has 0 amide bonds. The van der Waals surface area contributed by atoms with Crippen molar-refractivity contribution in [2.24, 2.45) is 0 Å². The van der Waals surface area contributed by atoms with Crippen molar-refractivity contribution in [1.82, 2.24) is 4.72 Å². The Morgan fingerprint density at radius 2 is 1.67 bits per heavy atom. The van der Waals surface area contributed by atoms with E-state index in [-0.39, 0.29) is 17.9 Å². The first-order valence-corrected chi connectivity index (χ1v) is 7.87. The lowest BCUT2D eigenvalue weighted by Crippen LogP contribution is -2.26. The lowest BCUT2D eigenvalue weighted by atomic mass is 10.1. The van der Waals surface area contributed by atoms with Crippen LogP contribution in [0.1, 0.15) is 11.1 Å². The third-order valence-electron chi connectivity index (χ3n) is 3.01. The Balaban J connectivity index is 2.04. The van der Waals surface area contributed by atoms with E-state index in [1.165, 1.54) is 18.2 Å². The minimum atomic E-state index is -3.62. The van der Waals surface area contributed by atoms with Crippen molar-refractivity contribution in [2.75, 3.05) is 6.54 Å². The van der Waals surface area contributed by atoms with Gasteiger partial charge in [-0.15, -0.1) is 0 Å². The average Bonchev–Trinajstić information content (AvgIpc) is 2.37. The lowest BCUT2D eigenvalue weighted by Gasteiger charge is -2.09. The van der Waals surface area contributed by atoms with Crippen molar-refractivity contribution < 1.29 is 17.2 Å². The molecule has 21 heavy (non-hydrogen) atoms. The van der Waals surface area contributed by atoms with Crippen LogP contribution in [0.2, 0.25) is 0 Å². The summed E-state index contributed by atoms with van der Waals surface area (Å²) in [6.45, 7) is 1.77. The maximum Gasteiger partial charge on any atom is 0.240 e. The van der Waals surface area contributed by atoms with Crippen molar-refractivity contribution >= 4 is 10.0 Å². The van der Waals surface area contributed by atoms with Crippen LogP contribution >= 0.6 is 0 Å². The summed E-state index contributed by atoms with van der Waals surface area (Å²) in [5.41, 5.74) is 1.04. The Bertz CT molecular complexity index is 725. The molecule has 6 heteroatoms. The molecule has 0 bridgehead atoms. The first kappa shape index (κ1) is 15.6. The highest BCUT2D eigenvalue weighted by molar-refractivity contribution is 7.89. The van der Waals surface area contributed by atoms with Gasteiger partial charge in [0.25, 0.3) is 0 Å². The average molecular weight is 311 g/mol. The van der Waals surface area contributed by atoms with E-state index in [4.69, 9.17) is 0 Å². The smallest absolute Gasteiger partial charge is 0.211 e. The highest BCUT2D eigenvalue weighted by Crippen LogP contribution is 2.14. The second-order valence-electron chi connectivity index (χ2n) is 4.69. The van der Waals surface area contributed by atoms with Gasteiger partial charge in [-0.1, -0.05) is 18.2 Å². The van der Waals surface area contributed by atoms with Gasteiger partial charge in [-0.3, -0.25) is 0 Å². The number of halogens is 2. The van der Waals surface area contributed by atoms with Gasteiger partial charge in [0, 0.05) is 12.6 Å². The van der Waals surface area contributed by atoms with E-state index in [0.717, 1.165) is 6.07 Å². The van der Waals surface area contributed by atoms with Gasteiger partial charge in [-0.2, -0.15) is 0 Å². The van der Waals surface area contributed by atoms with Crippen LogP contribution in [0, 0.1) is 18.6 Å². The molecule has 0 radical (unpaired) electrons. The van der Waals surface area contributed by atoms with E-state index in [1.54, 1.807) is 25.1 Å². The van der Waals surface area contributed by atoms with Crippen molar-refractivity contribution in [2.45, 2.75) is 18.2 Å². The summed E-state index contributed by atoms with van der Waals surface area (Å²) in [5, 5.41) is 0. The topological polar surface area (TPSA) is 46.2 Å². The second kappa shape index (κ2) is 6.32. The van der Waals surface area contributed by atoms with Crippen LogP contribution in [0.4, 0.5) is 8.78 Å². The van der Waals surface area contributed by atoms with Crippen LogP contribution in [0.25, 0.3) is 0 Å². The van der Waals surface area contributed by atoms with Gasteiger partial charge < -0.3 is 0 Å². The SMILES string of the molecule is Cc1ccccc1S(=O)(=O)NCCc1cc(F)cc(F)c1. The highest BCUT2D eigenvalue weighted by Gasteiger charge is 2.15. The van der Waals surface area contributed by atoms with Gasteiger partial charge in [0.1, 0.15) is 11.6 Å². The predicted molar refractivity (Wildman–Crippen MR) is 76.4 cm³/mol. The molecule has 0 aliphatic heterocycles. The standard InChI is InChI=1S/C15H15F2NO2S/c1-11-4-2-3-5-15(11)21(19,20)18-7-6-12-8-13(16)10-14(17)9-12/h2-5,8-10,18H,6-7H2,1H3. The predicted octanol–water partition coefficient (Wildman–Crippen LogP) is 2.79. The van der Waals surface area contributed by atoms with Crippen LogP contribution < -0.4 is 4.72 Å². The molecule has 0 spiro atoms. The van der Waals surface area contributed by atoms with Crippen LogP contribution in [0.15, 0.2) is 47.4 Å². The summed E-state index contributed by atoms with van der Waals surface area (Å²) in [6.07, 6.45) is 0.208. The van der Waals surface area contributed by atoms with Crippen molar-refractivity contribution in [3.05, 3.63) is 65.2 Å². The molecule has 0 aliphatic rings. The van der Waals surface area contributed by atoms with E-state index in [0.29, 0.717) is 11.1 Å². The minimum absolute atomic E-state index is 0.0690. The molecular weight excluding hydrogens is 296 g/mol. The molecule has 2 aromatic rings. The molecular formula is C15H15F2NO2S. The quantitative estimate of drug-likeness (QED) is 0.923. The third-order valence-corrected chi connectivity index (χ3v) is 4.63. The molecule has 0 aliphatic carbocycles. The lowest BCUT2D eigenvalue weighted by molar-refractivity contribution is 0.576. The molecule has 2 rings (SSSR count). The molecule has 0 saturated carbocycles. The zero-order chi connectivity index (χ0) is 15.5. The number of rotatable bonds is 5. The second-order valence-corrected chi connectivity index (χ2v) is 6.43. The molecule has 0 atom stereocenters. The molecule has 0 unspecified atom stereocenters. The first-order chi connectivity index (χ1) is 9.88. The fourth-order valence-corrected chi connectivity index (χ4v) is 3.30. The van der Waals surface area contributed by atoms with Gasteiger partial charge in [0.05, 0.1) is 4.90 Å². The molecule has 112 valence electrons. The summed E-state index contributed by atoms with van der Waals surface area (Å²) < 4.78 is 52.7. The summed E-state index contributed by atoms with van der Waals surface area (Å²) in [7, 11) is -3.62. The van der Waals surface area contributed by atoms with E-state index >= 15 is 0 Å². The van der Waals surface area contributed by atoms with Crippen LogP contribution in [-0.4, -0.2) is 15.0 Å². The molecule has 0 saturated heterocycles. The molecule has 0 heterocycles. The Kier molecular flexibility index (Phi) is 4.69. The number of nitrogens with one attached hydrogen (secondary N) is 1. The van der Waals surface area contributed by atoms with Crippen LogP contribution in [-0.2, 0) is 16.4 Å². The Morgan fingerprint density at radius 3 is 2.29 bits per heavy atom. The first-order valence-electron chi connectivity index (χ1n) is 6.39. The summed E-state index contributed by atoms with van der Waals surface area (Å²) in [5.74, 6) is -1.35. The molecule has 1 N–H and O–H groups in total. The van der Waals surface area contributed by atoms with Crippen molar-refractivity contribution in [1.29, 1.82) is 0 Å². The Morgan fingerprint density at radius 1 is 1.05 bits per heavy atom. The van der Waals surface area contributed by atoms with Gasteiger partial charge >= 0.3 is 0 Å². The van der Waals surface area contributed by atoms with Crippen molar-refractivity contribution in [3.8, 4) is 0 Å². The maximum absolute atomic E-state index is 13.0. The van der Waals surface area contributed by atoms with Crippen LogP contribution in [0.5, 0.6) is 0 Å². The summed E-state index contributed by atoms with van der Waals surface area (Å²) in [6, 6.07) is 9.76. The maximum atomic E-state index is 13.0. The number of aryl methyl sites for hydroxylation is 1. The Hall–Kier alpha value is -1.79. The van der Waals surface area contributed by atoms with Gasteiger partial charge in [-0.25, -0.2) is 21.9 Å². The Labute approximate surface area is 122 Å². The number of hydrogen-bond acceptors (Lipinski definition) is 2. The fourth-order valence-electron chi connectivity index (χ4n) is 2.02. The normalized spacial score (nSPS) is 11.6. The van der Waals surface area contributed by atoms with Crippen molar-refractivity contribution in [3.63, 3.8) is 0 Å². The zero-order valence-electron chi connectivity index (χ0n) is 11.4.